The molecule has 1 heterocycles. The molecule has 2 N–H and O–H groups in total. The molecule has 2 aromatic rings. The number of halogens is 1. The van der Waals surface area contributed by atoms with E-state index in [1.54, 1.807) is 6.07 Å². The molecule has 9 nitrogen and oxygen atoms in total. The molecule has 3 rings (SSSR count). The molecule has 0 saturated carbocycles. The van der Waals surface area contributed by atoms with Crippen LogP contribution in [-0.4, -0.2) is 27.9 Å². The highest BCUT2D eigenvalue weighted by Crippen LogP contribution is 2.29. The summed E-state index contributed by atoms with van der Waals surface area (Å²) >= 11 is 5.88. The molecular weight excluding hydrogens is 378 g/mol. The lowest BCUT2D eigenvalue weighted by Gasteiger charge is -2.26. The Morgan fingerprint density at radius 1 is 1.15 bits per heavy atom. The summed E-state index contributed by atoms with van der Waals surface area (Å²) in [4.78, 5) is 47.7. The van der Waals surface area contributed by atoms with Crippen LogP contribution in [0.15, 0.2) is 48.0 Å². The van der Waals surface area contributed by atoms with Crippen LogP contribution >= 0.6 is 11.6 Å². The van der Waals surface area contributed by atoms with Gasteiger partial charge in [-0.25, -0.2) is 9.69 Å². The van der Waals surface area contributed by atoms with Crippen molar-refractivity contribution in [1.29, 1.82) is 0 Å². The summed E-state index contributed by atoms with van der Waals surface area (Å²) in [7, 11) is 0. The number of amides is 4. The Balaban J connectivity index is 2.04. The molecule has 0 radical (unpaired) electrons. The molecule has 1 aliphatic heterocycles. The van der Waals surface area contributed by atoms with Crippen LogP contribution in [0.5, 0.6) is 5.75 Å². The molecule has 0 spiro atoms. The number of carbonyl (C=O) groups excluding carboxylic acids is 3. The maximum Gasteiger partial charge on any atom is 0.335 e. The van der Waals surface area contributed by atoms with Crippen LogP contribution in [-0.2, 0) is 9.59 Å². The van der Waals surface area contributed by atoms with Gasteiger partial charge in [0, 0.05) is 11.1 Å². The number of phenolic OH excluding ortho intramolecular Hbond substituents is 1. The highest BCUT2D eigenvalue weighted by Gasteiger charge is 2.37. The van der Waals surface area contributed by atoms with E-state index in [9.17, 15) is 29.6 Å². The van der Waals surface area contributed by atoms with E-state index in [1.165, 1.54) is 24.3 Å². The number of rotatable bonds is 3. The minimum absolute atomic E-state index is 0.124. The maximum atomic E-state index is 12.7. The van der Waals surface area contributed by atoms with Crippen LogP contribution in [0, 0.1) is 10.1 Å². The Morgan fingerprint density at radius 3 is 2.56 bits per heavy atom. The number of imide groups is 2. The van der Waals surface area contributed by atoms with Crippen LogP contribution in [0.4, 0.5) is 16.2 Å². The fourth-order valence-electron chi connectivity index (χ4n) is 2.45. The summed E-state index contributed by atoms with van der Waals surface area (Å²) in [6, 6.07) is 8.33. The number of barbiturate groups is 1. The molecule has 0 aromatic heterocycles. The second-order valence-electron chi connectivity index (χ2n) is 5.44. The largest absolute Gasteiger partial charge is 0.502 e. The van der Waals surface area contributed by atoms with Gasteiger partial charge in [-0.05, 0) is 35.9 Å². The molecule has 27 heavy (non-hydrogen) atoms. The summed E-state index contributed by atoms with van der Waals surface area (Å²) in [6.07, 6.45) is 1.09. The number of carbonyl (C=O) groups is 3. The number of aromatic hydroxyl groups is 1. The van der Waals surface area contributed by atoms with E-state index < -0.39 is 39.8 Å². The third-order valence-electron chi connectivity index (χ3n) is 3.68. The van der Waals surface area contributed by atoms with Crippen LogP contribution in [0.1, 0.15) is 5.56 Å². The molecule has 0 unspecified atom stereocenters. The first-order valence-electron chi connectivity index (χ1n) is 7.42. The maximum absolute atomic E-state index is 12.7. The average molecular weight is 388 g/mol. The van der Waals surface area contributed by atoms with E-state index in [0.717, 1.165) is 23.1 Å². The minimum Gasteiger partial charge on any atom is -0.502 e. The smallest absolute Gasteiger partial charge is 0.335 e. The van der Waals surface area contributed by atoms with E-state index in [0.29, 0.717) is 0 Å². The van der Waals surface area contributed by atoms with Gasteiger partial charge in [0.25, 0.3) is 11.8 Å². The molecule has 4 amide bonds. The van der Waals surface area contributed by atoms with E-state index in [2.05, 4.69) is 0 Å². The van der Waals surface area contributed by atoms with E-state index >= 15 is 0 Å². The number of phenols is 1. The highest BCUT2D eigenvalue weighted by molar-refractivity contribution is 6.39. The number of nitro groups is 1. The number of hydrogen-bond donors (Lipinski definition) is 2. The predicted octanol–water partition coefficient (Wildman–Crippen LogP) is 2.62. The summed E-state index contributed by atoms with van der Waals surface area (Å²) in [5.74, 6) is -2.42. The van der Waals surface area contributed by atoms with Crippen molar-refractivity contribution in [2.75, 3.05) is 4.90 Å². The molecule has 0 atom stereocenters. The van der Waals surface area contributed by atoms with E-state index in [4.69, 9.17) is 11.6 Å². The molecule has 1 fully saturated rings. The standard InChI is InChI=1S/C17H10ClN3O6/c18-10-2-1-3-11(8-10)20-16(24)12(15(23)19-17(20)25)6-9-4-5-14(22)13(7-9)21(26)27/h1-8,22H,(H,19,23,25)/b12-6+. The van der Waals surface area contributed by atoms with Crippen molar-refractivity contribution in [2.24, 2.45) is 0 Å². The Labute approximate surface area is 156 Å². The lowest BCUT2D eigenvalue weighted by Crippen LogP contribution is -2.54. The van der Waals surface area contributed by atoms with Gasteiger partial charge in [-0.2, -0.15) is 0 Å². The zero-order valence-electron chi connectivity index (χ0n) is 13.4. The molecule has 10 heteroatoms. The van der Waals surface area contributed by atoms with Gasteiger partial charge in [0.05, 0.1) is 10.6 Å². The molecule has 0 bridgehead atoms. The van der Waals surface area contributed by atoms with Crippen LogP contribution in [0.25, 0.3) is 6.08 Å². The molecule has 136 valence electrons. The lowest BCUT2D eigenvalue weighted by atomic mass is 10.1. The van der Waals surface area contributed by atoms with Crippen molar-refractivity contribution in [1.82, 2.24) is 5.32 Å². The first-order valence-corrected chi connectivity index (χ1v) is 7.80. The fourth-order valence-corrected chi connectivity index (χ4v) is 2.63. The van der Waals surface area contributed by atoms with Crippen molar-refractivity contribution in [3.8, 4) is 5.75 Å². The average Bonchev–Trinajstić information content (AvgIpc) is 2.59. The minimum atomic E-state index is -0.945. The third-order valence-corrected chi connectivity index (χ3v) is 3.91. The first kappa shape index (κ1) is 18.1. The Hall–Kier alpha value is -3.72. The second kappa shape index (κ2) is 6.89. The lowest BCUT2D eigenvalue weighted by molar-refractivity contribution is -0.385. The van der Waals surface area contributed by atoms with Crippen molar-refractivity contribution < 1.29 is 24.4 Å². The van der Waals surface area contributed by atoms with Crippen molar-refractivity contribution >= 4 is 46.9 Å². The molecular formula is C17H10ClN3O6. The number of nitrogens with zero attached hydrogens (tertiary/aromatic N) is 2. The van der Waals surface area contributed by atoms with Crippen LogP contribution in [0.2, 0.25) is 5.02 Å². The highest BCUT2D eigenvalue weighted by atomic mass is 35.5. The number of nitrogens with one attached hydrogen (secondary N) is 1. The number of anilines is 1. The van der Waals surface area contributed by atoms with Gasteiger partial charge in [0.1, 0.15) is 5.57 Å². The van der Waals surface area contributed by atoms with Gasteiger partial charge in [0.2, 0.25) is 0 Å². The number of nitro benzene ring substituents is 1. The number of benzene rings is 2. The summed E-state index contributed by atoms with van der Waals surface area (Å²) in [5.41, 5.74) is -0.719. The zero-order valence-corrected chi connectivity index (χ0v) is 14.1. The van der Waals surface area contributed by atoms with Crippen molar-refractivity contribution in [2.45, 2.75) is 0 Å². The molecule has 0 aliphatic carbocycles. The normalized spacial score (nSPS) is 15.8. The zero-order chi connectivity index (χ0) is 19.7. The van der Waals surface area contributed by atoms with Crippen LogP contribution < -0.4 is 10.2 Å². The number of urea groups is 1. The SMILES string of the molecule is O=C1NC(=O)N(c2cccc(Cl)c2)C(=O)/C1=C/c1ccc(O)c([N+](=O)[O-])c1. The van der Waals surface area contributed by atoms with Crippen molar-refractivity contribution in [3.63, 3.8) is 0 Å². The predicted molar refractivity (Wildman–Crippen MR) is 95.2 cm³/mol. The Morgan fingerprint density at radius 2 is 1.89 bits per heavy atom. The Kier molecular flexibility index (Phi) is 4.61. The molecule has 2 aromatic carbocycles. The van der Waals surface area contributed by atoms with E-state index in [1.807, 2.05) is 5.32 Å². The first-order chi connectivity index (χ1) is 12.8. The quantitative estimate of drug-likeness (QED) is 0.360. The topological polar surface area (TPSA) is 130 Å². The van der Waals surface area contributed by atoms with Gasteiger partial charge in [-0.3, -0.25) is 25.0 Å². The van der Waals surface area contributed by atoms with Gasteiger partial charge in [0.15, 0.2) is 5.75 Å². The third kappa shape index (κ3) is 3.48. The van der Waals surface area contributed by atoms with Crippen LogP contribution in [0.3, 0.4) is 0 Å². The second-order valence-corrected chi connectivity index (χ2v) is 5.88. The molecule has 1 saturated heterocycles. The van der Waals surface area contributed by atoms with Gasteiger partial charge >= 0.3 is 11.7 Å². The number of hydrogen-bond acceptors (Lipinski definition) is 6. The summed E-state index contributed by atoms with van der Waals surface area (Å²) in [5, 5.41) is 22.7. The Bertz CT molecular complexity index is 1030. The van der Waals surface area contributed by atoms with E-state index in [-0.39, 0.29) is 16.3 Å². The summed E-state index contributed by atoms with van der Waals surface area (Å²) in [6.45, 7) is 0. The fraction of sp³-hybridized carbons (Fsp3) is 0. The van der Waals surface area contributed by atoms with Gasteiger partial charge in [-0.1, -0.05) is 23.7 Å². The van der Waals surface area contributed by atoms with Gasteiger partial charge in [-0.15, -0.1) is 0 Å². The molecule has 1 aliphatic rings. The monoisotopic (exact) mass is 387 g/mol. The van der Waals surface area contributed by atoms with Crippen molar-refractivity contribution in [3.05, 3.63) is 68.7 Å². The van der Waals surface area contributed by atoms with Gasteiger partial charge < -0.3 is 5.11 Å². The summed E-state index contributed by atoms with van der Waals surface area (Å²) < 4.78 is 0.